The summed E-state index contributed by atoms with van der Waals surface area (Å²) in [4.78, 5) is 20.5. The third-order valence-corrected chi connectivity index (χ3v) is 4.72. The monoisotopic (exact) mass is 346 g/mol. The number of hydrogen-bond acceptors (Lipinski definition) is 6. The van der Waals surface area contributed by atoms with Gasteiger partial charge in [-0.1, -0.05) is 42.5 Å². The van der Waals surface area contributed by atoms with Gasteiger partial charge in [0, 0.05) is 16.6 Å². The first-order valence-electron chi connectivity index (χ1n) is 7.58. The lowest BCUT2D eigenvalue weighted by Gasteiger charge is -2.09. The van der Waals surface area contributed by atoms with E-state index in [1.165, 1.54) is 18.5 Å². The molecular weight excluding hydrogens is 334 g/mol. The zero-order chi connectivity index (χ0) is 17.2. The van der Waals surface area contributed by atoms with Gasteiger partial charge in [-0.25, -0.2) is 9.97 Å². The lowest BCUT2D eigenvalue weighted by atomic mass is 10.1. The molecule has 0 radical (unpaired) electrons. The van der Waals surface area contributed by atoms with Crippen LogP contribution in [0.25, 0.3) is 21.3 Å². The molecular formula is C19H12N3O2S-. The minimum absolute atomic E-state index is 0.138. The van der Waals surface area contributed by atoms with Crippen LogP contribution in [0.15, 0.2) is 66.3 Å². The number of carbonyl (C=O) groups excluding carboxylic acids is 1. The fraction of sp³-hybridized carbons (Fsp3) is 0. The van der Waals surface area contributed by atoms with E-state index < -0.39 is 5.97 Å². The molecule has 0 saturated heterocycles. The Morgan fingerprint density at radius 3 is 2.48 bits per heavy atom. The van der Waals surface area contributed by atoms with E-state index in [0.29, 0.717) is 5.82 Å². The quantitative estimate of drug-likeness (QED) is 0.612. The minimum atomic E-state index is -1.19. The zero-order valence-electron chi connectivity index (χ0n) is 13.0. The van der Waals surface area contributed by atoms with Crippen molar-refractivity contribution in [3.8, 4) is 11.1 Å². The Labute approximate surface area is 147 Å². The highest BCUT2D eigenvalue weighted by Gasteiger charge is 2.13. The van der Waals surface area contributed by atoms with Crippen LogP contribution < -0.4 is 10.4 Å². The molecule has 0 bridgehead atoms. The van der Waals surface area contributed by atoms with Gasteiger partial charge in [-0.3, -0.25) is 0 Å². The first-order chi connectivity index (χ1) is 12.2. The fourth-order valence-corrected chi connectivity index (χ4v) is 3.54. The number of nitrogens with zero attached hydrogens (tertiary/aromatic N) is 2. The van der Waals surface area contributed by atoms with Gasteiger partial charge in [0.2, 0.25) is 0 Å². The van der Waals surface area contributed by atoms with Crippen LogP contribution in [0.1, 0.15) is 10.4 Å². The van der Waals surface area contributed by atoms with Crippen molar-refractivity contribution in [3.63, 3.8) is 0 Å². The van der Waals surface area contributed by atoms with Crippen LogP contribution in [0.4, 0.5) is 11.5 Å². The number of rotatable bonds is 4. The van der Waals surface area contributed by atoms with Crippen molar-refractivity contribution in [1.29, 1.82) is 0 Å². The van der Waals surface area contributed by atoms with E-state index in [9.17, 15) is 9.90 Å². The summed E-state index contributed by atoms with van der Waals surface area (Å²) in [5.74, 6) is -0.508. The predicted octanol–water partition coefficient (Wildman–Crippen LogP) is 3.47. The summed E-state index contributed by atoms with van der Waals surface area (Å²) < 4.78 is 0. The third-order valence-electron chi connectivity index (χ3n) is 3.84. The molecule has 4 rings (SSSR count). The van der Waals surface area contributed by atoms with Crippen molar-refractivity contribution >= 4 is 39.0 Å². The van der Waals surface area contributed by atoms with Crippen LogP contribution in [0, 0.1) is 0 Å². The van der Waals surface area contributed by atoms with Crippen LogP contribution in [-0.2, 0) is 0 Å². The molecule has 0 unspecified atom stereocenters. The zero-order valence-corrected chi connectivity index (χ0v) is 13.8. The van der Waals surface area contributed by atoms with Gasteiger partial charge in [-0.05, 0) is 23.3 Å². The molecule has 2 aromatic heterocycles. The topological polar surface area (TPSA) is 77.9 Å². The first kappa shape index (κ1) is 15.3. The number of thiophene rings is 1. The van der Waals surface area contributed by atoms with E-state index in [1.54, 1.807) is 23.5 Å². The number of benzene rings is 2. The second-order valence-electron chi connectivity index (χ2n) is 5.41. The van der Waals surface area contributed by atoms with Crippen LogP contribution in [0.5, 0.6) is 0 Å². The lowest BCUT2D eigenvalue weighted by Crippen LogP contribution is -2.21. The molecule has 2 heterocycles. The summed E-state index contributed by atoms with van der Waals surface area (Å²) in [6.45, 7) is 0. The minimum Gasteiger partial charge on any atom is -0.545 e. The van der Waals surface area contributed by atoms with E-state index in [0.717, 1.165) is 27.0 Å². The van der Waals surface area contributed by atoms with Crippen molar-refractivity contribution in [3.05, 3.63) is 71.9 Å². The molecule has 5 nitrogen and oxygen atoms in total. The summed E-state index contributed by atoms with van der Waals surface area (Å²) in [7, 11) is 0. The van der Waals surface area contributed by atoms with Crippen LogP contribution in [0.2, 0.25) is 0 Å². The smallest absolute Gasteiger partial charge is 0.143 e. The maximum absolute atomic E-state index is 10.9. The summed E-state index contributed by atoms with van der Waals surface area (Å²) in [6.07, 6.45) is 1.52. The molecule has 4 aromatic rings. The molecule has 25 heavy (non-hydrogen) atoms. The van der Waals surface area contributed by atoms with Gasteiger partial charge in [0.05, 0.1) is 11.4 Å². The lowest BCUT2D eigenvalue weighted by molar-refractivity contribution is -0.255. The van der Waals surface area contributed by atoms with Crippen molar-refractivity contribution in [1.82, 2.24) is 9.97 Å². The highest BCUT2D eigenvalue weighted by Crippen LogP contribution is 2.37. The highest BCUT2D eigenvalue weighted by molar-refractivity contribution is 7.17. The number of nitrogens with one attached hydrogen (secondary N) is 1. The summed E-state index contributed by atoms with van der Waals surface area (Å²) in [5, 5.41) is 17.1. The van der Waals surface area contributed by atoms with Crippen LogP contribution >= 0.6 is 11.3 Å². The Morgan fingerprint density at radius 2 is 1.76 bits per heavy atom. The molecule has 0 aliphatic rings. The summed E-state index contributed by atoms with van der Waals surface area (Å²) in [5.41, 5.74) is 3.04. The molecule has 0 spiro atoms. The van der Waals surface area contributed by atoms with Gasteiger partial charge in [-0.15, -0.1) is 11.3 Å². The number of aromatic carboxylic acids is 1. The van der Waals surface area contributed by atoms with E-state index in [1.807, 2.05) is 30.3 Å². The van der Waals surface area contributed by atoms with Crippen LogP contribution in [-0.4, -0.2) is 15.9 Å². The average Bonchev–Trinajstić information content (AvgIpc) is 3.08. The molecule has 0 amide bonds. The number of anilines is 2. The summed E-state index contributed by atoms with van der Waals surface area (Å²) in [6, 6.07) is 16.4. The Bertz CT molecular complexity index is 1040. The van der Waals surface area contributed by atoms with Gasteiger partial charge in [0.15, 0.2) is 0 Å². The second kappa shape index (κ2) is 6.33. The fourth-order valence-electron chi connectivity index (χ4n) is 2.63. The molecule has 1 N–H and O–H groups in total. The van der Waals surface area contributed by atoms with E-state index in [4.69, 9.17) is 0 Å². The van der Waals surface area contributed by atoms with Gasteiger partial charge >= 0.3 is 0 Å². The Hall–Kier alpha value is -3.25. The van der Waals surface area contributed by atoms with Gasteiger partial charge < -0.3 is 15.2 Å². The molecule has 0 saturated carbocycles. The van der Waals surface area contributed by atoms with Crippen molar-refractivity contribution in [2.24, 2.45) is 0 Å². The van der Waals surface area contributed by atoms with Gasteiger partial charge in [0.1, 0.15) is 17.0 Å². The molecule has 122 valence electrons. The maximum Gasteiger partial charge on any atom is 0.143 e. The largest absolute Gasteiger partial charge is 0.545 e. The third kappa shape index (κ3) is 2.95. The molecule has 0 aliphatic heterocycles. The molecule has 0 atom stereocenters. The molecule has 2 aromatic carbocycles. The number of carbonyl (C=O) groups is 1. The van der Waals surface area contributed by atoms with E-state index >= 15 is 0 Å². The van der Waals surface area contributed by atoms with Gasteiger partial charge in [0.25, 0.3) is 0 Å². The number of aromatic nitrogens is 2. The Balaban J connectivity index is 1.77. The van der Waals surface area contributed by atoms with Crippen molar-refractivity contribution in [2.45, 2.75) is 0 Å². The number of carboxylic acids is 1. The predicted molar refractivity (Wildman–Crippen MR) is 96.9 cm³/mol. The maximum atomic E-state index is 10.9. The number of carboxylic acid groups (broad SMARTS) is 1. The average molecular weight is 346 g/mol. The SMILES string of the molecule is O=C([O-])c1ccc(Nc2ncnc3scc(-c4ccccc4)c23)cc1. The summed E-state index contributed by atoms with van der Waals surface area (Å²) >= 11 is 1.56. The van der Waals surface area contributed by atoms with Crippen molar-refractivity contribution in [2.75, 3.05) is 5.32 Å². The molecule has 6 heteroatoms. The molecule has 0 fully saturated rings. The van der Waals surface area contributed by atoms with E-state index in [-0.39, 0.29) is 5.56 Å². The Kier molecular flexibility index (Phi) is 3.87. The van der Waals surface area contributed by atoms with Gasteiger partial charge in [-0.2, -0.15) is 0 Å². The highest BCUT2D eigenvalue weighted by atomic mass is 32.1. The number of fused-ring (bicyclic) bond motifs is 1. The van der Waals surface area contributed by atoms with Crippen molar-refractivity contribution < 1.29 is 9.90 Å². The van der Waals surface area contributed by atoms with E-state index in [2.05, 4.69) is 20.7 Å². The normalized spacial score (nSPS) is 10.7. The molecule has 0 aliphatic carbocycles. The Morgan fingerprint density at radius 1 is 1.00 bits per heavy atom. The van der Waals surface area contributed by atoms with Crippen LogP contribution in [0.3, 0.4) is 0 Å². The number of hydrogen-bond donors (Lipinski definition) is 1. The standard InChI is InChI=1S/C19H13N3O2S/c23-19(24)13-6-8-14(9-7-13)22-17-16-15(12-4-2-1-3-5-12)10-25-18(16)21-11-20-17/h1-11H,(H,23,24)(H,20,21,22)/p-1. The first-order valence-corrected chi connectivity index (χ1v) is 8.46. The second-order valence-corrected chi connectivity index (χ2v) is 6.27.